The molecule has 0 heterocycles. The minimum absolute atomic E-state index is 0.0409. The second-order valence-electron chi connectivity index (χ2n) is 4.62. The summed E-state index contributed by atoms with van der Waals surface area (Å²) in [5.41, 5.74) is 1.65. The molecule has 0 spiro atoms. The zero-order valence-corrected chi connectivity index (χ0v) is 11.8. The van der Waals surface area contributed by atoms with E-state index in [0.29, 0.717) is 11.5 Å². The molecule has 0 fully saturated rings. The van der Waals surface area contributed by atoms with Crippen LogP contribution in [0.1, 0.15) is 37.0 Å². The molecule has 1 amide bonds. The van der Waals surface area contributed by atoms with Crippen molar-refractivity contribution in [2.24, 2.45) is 5.92 Å². The van der Waals surface area contributed by atoms with E-state index in [1.54, 1.807) is 12.1 Å². The van der Waals surface area contributed by atoms with Gasteiger partial charge in [0.25, 0.3) is 5.91 Å². The minimum Gasteiger partial charge on any atom is -0.395 e. The number of nitrogens with one attached hydrogen (secondary N) is 2. The van der Waals surface area contributed by atoms with Gasteiger partial charge in [-0.3, -0.25) is 4.79 Å². The molecule has 0 aliphatic rings. The smallest absolute Gasteiger partial charge is 0.251 e. The van der Waals surface area contributed by atoms with Gasteiger partial charge in [0.15, 0.2) is 0 Å². The number of hydrogen-bond acceptors (Lipinski definition) is 3. The van der Waals surface area contributed by atoms with Crippen LogP contribution in [0.2, 0.25) is 0 Å². The Labute approximate surface area is 115 Å². The lowest BCUT2D eigenvalue weighted by Gasteiger charge is -2.14. The molecule has 106 valence electrons. The monoisotopic (exact) mass is 264 g/mol. The molecule has 0 saturated heterocycles. The predicted molar refractivity (Wildman–Crippen MR) is 78.4 cm³/mol. The van der Waals surface area contributed by atoms with Gasteiger partial charge in [-0.15, -0.1) is 0 Å². The number of rotatable bonds is 8. The Balaban J connectivity index is 2.49. The van der Waals surface area contributed by atoms with Crippen LogP contribution in [0.5, 0.6) is 0 Å². The van der Waals surface area contributed by atoms with Gasteiger partial charge in [0.05, 0.1) is 6.61 Å². The summed E-state index contributed by atoms with van der Waals surface area (Å²) in [5.74, 6) is 0.535. The van der Waals surface area contributed by atoms with Crippen molar-refractivity contribution in [3.05, 3.63) is 29.8 Å². The van der Waals surface area contributed by atoms with Gasteiger partial charge in [-0.1, -0.05) is 26.7 Å². The average Bonchev–Trinajstić information content (AvgIpc) is 2.46. The van der Waals surface area contributed by atoms with E-state index in [1.165, 1.54) is 12.8 Å². The molecule has 0 atom stereocenters. The molecule has 4 nitrogen and oxygen atoms in total. The first-order valence-corrected chi connectivity index (χ1v) is 6.94. The number of anilines is 1. The molecule has 0 unspecified atom stereocenters. The molecule has 0 saturated carbocycles. The van der Waals surface area contributed by atoms with Crippen molar-refractivity contribution in [2.45, 2.75) is 26.7 Å². The highest BCUT2D eigenvalue weighted by Crippen LogP contribution is 2.13. The Morgan fingerprint density at radius 1 is 1.21 bits per heavy atom. The van der Waals surface area contributed by atoms with Gasteiger partial charge in [0.2, 0.25) is 0 Å². The lowest BCUT2D eigenvalue weighted by molar-refractivity contribution is 0.0945. The molecule has 0 bridgehead atoms. The molecular weight excluding hydrogens is 240 g/mol. The van der Waals surface area contributed by atoms with Gasteiger partial charge < -0.3 is 15.7 Å². The van der Waals surface area contributed by atoms with Crippen molar-refractivity contribution in [1.82, 2.24) is 5.32 Å². The van der Waals surface area contributed by atoms with Crippen LogP contribution in [0.15, 0.2) is 24.3 Å². The zero-order valence-electron chi connectivity index (χ0n) is 11.8. The Kier molecular flexibility index (Phi) is 6.97. The highest BCUT2D eigenvalue weighted by molar-refractivity contribution is 5.94. The lowest BCUT2D eigenvalue weighted by atomic mass is 10.0. The van der Waals surface area contributed by atoms with Gasteiger partial charge in [-0.05, 0) is 30.2 Å². The number of hydrogen-bond donors (Lipinski definition) is 3. The molecule has 4 heteroatoms. The van der Waals surface area contributed by atoms with Gasteiger partial charge >= 0.3 is 0 Å². The van der Waals surface area contributed by atoms with Crippen LogP contribution in [-0.4, -0.2) is 30.7 Å². The van der Waals surface area contributed by atoms with E-state index < -0.39 is 0 Å². The molecule has 3 N–H and O–H groups in total. The Morgan fingerprint density at radius 2 is 1.84 bits per heavy atom. The maximum Gasteiger partial charge on any atom is 0.251 e. The molecule has 19 heavy (non-hydrogen) atoms. The molecular formula is C15H24N2O2. The second kappa shape index (κ2) is 8.53. The van der Waals surface area contributed by atoms with E-state index >= 15 is 0 Å². The molecule has 0 aliphatic heterocycles. The summed E-state index contributed by atoms with van der Waals surface area (Å²) in [6, 6.07) is 7.41. The summed E-state index contributed by atoms with van der Waals surface area (Å²) in [7, 11) is 0. The topological polar surface area (TPSA) is 61.4 Å². The maximum absolute atomic E-state index is 11.6. The molecule has 0 radical (unpaired) electrons. The van der Waals surface area contributed by atoms with Crippen molar-refractivity contribution >= 4 is 11.6 Å². The SMILES string of the molecule is CCC(CC)CNc1ccc(C(=O)NCCO)cc1. The lowest BCUT2D eigenvalue weighted by Crippen LogP contribution is -2.26. The molecule has 0 aliphatic carbocycles. The van der Waals surface area contributed by atoms with Crippen molar-refractivity contribution in [1.29, 1.82) is 0 Å². The molecule has 1 aromatic carbocycles. The summed E-state index contributed by atoms with van der Waals surface area (Å²) >= 11 is 0. The van der Waals surface area contributed by atoms with Gasteiger partial charge in [-0.25, -0.2) is 0 Å². The fourth-order valence-corrected chi connectivity index (χ4v) is 1.85. The first-order chi connectivity index (χ1) is 9.21. The fraction of sp³-hybridized carbons (Fsp3) is 0.533. The highest BCUT2D eigenvalue weighted by Gasteiger charge is 2.05. The van der Waals surface area contributed by atoms with E-state index in [2.05, 4.69) is 24.5 Å². The number of amides is 1. The summed E-state index contributed by atoms with van der Waals surface area (Å²) in [4.78, 5) is 11.6. The van der Waals surface area contributed by atoms with Crippen LogP contribution in [0.3, 0.4) is 0 Å². The predicted octanol–water partition coefficient (Wildman–Crippen LogP) is 2.26. The quantitative estimate of drug-likeness (QED) is 0.675. The van der Waals surface area contributed by atoms with Crippen LogP contribution < -0.4 is 10.6 Å². The summed E-state index contributed by atoms with van der Waals surface area (Å²) in [6.45, 7) is 5.60. The molecule has 1 rings (SSSR count). The summed E-state index contributed by atoms with van der Waals surface area (Å²) in [5, 5.41) is 14.7. The summed E-state index contributed by atoms with van der Waals surface area (Å²) in [6.07, 6.45) is 2.34. The van der Waals surface area contributed by atoms with Crippen LogP contribution in [0.25, 0.3) is 0 Å². The van der Waals surface area contributed by atoms with E-state index in [4.69, 9.17) is 5.11 Å². The number of carbonyl (C=O) groups excluding carboxylic acids is 1. The average molecular weight is 264 g/mol. The highest BCUT2D eigenvalue weighted by atomic mass is 16.3. The van der Waals surface area contributed by atoms with E-state index in [9.17, 15) is 4.79 Å². The van der Waals surface area contributed by atoms with Crippen LogP contribution in [0, 0.1) is 5.92 Å². The van der Waals surface area contributed by atoms with Gasteiger partial charge in [0, 0.05) is 24.3 Å². The number of benzene rings is 1. The van der Waals surface area contributed by atoms with Gasteiger partial charge in [0.1, 0.15) is 0 Å². The number of aliphatic hydroxyl groups excluding tert-OH is 1. The second-order valence-corrected chi connectivity index (χ2v) is 4.62. The van der Waals surface area contributed by atoms with Crippen LogP contribution in [0.4, 0.5) is 5.69 Å². The zero-order chi connectivity index (χ0) is 14.1. The van der Waals surface area contributed by atoms with Crippen molar-refractivity contribution in [2.75, 3.05) is 25.0 Å². The fourth-order valence-electron chi connectivity index (χ4n) is 1.85. The first-order valence-electron chi connectivity index (χ1n) is 6.94. The summed E-state index contributed by atoms with van der Waals surface area (Å²) < 4.78 is 0. The number of aliphatic hydroxyl groups is 1. The van der Waals surface area contributed by atoms with Gasteiger partial charge in [-0.2, -0.15) is 0 Å². The van der Waals surface area contributed by atoms with Crippen LogP contribution in [-0.2, 0) is 0 Å². The van der Waals surface area contributed by atoms with Crippen molar-refractivity contribution in [3.63, 3.8) is 0 Å². The third-order valence-corrected chi connectivity index (χ3v) is 3.29. The third kappa shape index (κ3) is 5.30. The Morgan fingerprint density at radius 3 is 2.37 bits per heavy atom. The van der Waals surface area contributed by atoms with E-state index in [0.717, 1.165) is 12.2 Å². The largest absolute Gasteiger partial charge is 0.395 e. The normalized spacial score (nSPS) is 10.5. The number of carbonyl (C=O) groups is 1. The first kappa shape index (κ1) is 15.5. The van der Waals surface area contributed by atoms with Crippen molar-refractivity contribution < 1.29 is 9.90 Å². The minimum atomic E-state index is -0.152. The van der Waals surface area contributed by atoms with E-state index in [-0.39, 0.29) is 19.1 Å². The third-order valence-electron chi connectivity index (χ3n) is 3.29. The van der Waals surface area contributed by atoms with Crippen molar-refractivity contribution in [3.8, 4) is 0 Å². The standard InChI is InChI=1S/C15H24N2O2/c1-3-12(4-2)11-17-14-7-5-13(6-8-14)15(19)16-9-10-18/h5-8,12,17-18H,3-4,9-11H2,1-2H3,(H,16,19). The van der Waals surface area contributed by atoms with Crippen LogP contribution >= 0.6 is 0 Å². The molecule has 1 aromatic rings. The molecule has 0 aromatic heterocycles. The Bertz CT molecular complexity index is 372. The Hall–Kier alpha value is -1.55. The van der Waals surface area contributed by atoms with E-state index in [1.807, 2.05) is 12.1 Å². The maximum atomic E-state index is 11.6.